The highest BCUT2D eigenvalue weighted by Gasteiger charge is 2.39. The predicted octanol–water partition coefficient (Wildman–Crippen LogP) is 17.2. The van der Waals surface area contributed by atoms with Gasteiger partial charge < -0.3 is 4.90 Å². The Morgan fingerprint density at radius 2 is 1.02 bits per heavy atom. The Morgan fingerprint density at radius 1 is 0.413 bits per heavy atom. The number of benzene rings is 9. The van der Waals surface area contributed by atoms with Crippen LogP contribution in [0.15, 0.2) is 206 Å². The highest BCUT2D eigenvalue weighted by Crippen LogP contribution is 2.55. The van der Waals surface area contributed by atoms with Gasteiger partial charge in [0.1, 0.15) is 0 Å². The van der Waals surface area contributed by atoms with Crippen LogP contribution in [0, 0.1) is 0 Å². The molecule has 0 aliphatic heterocycles. The molecule has 0 fully saturated rings. The van der Waals surface area contributed by atoms with E-state index in [-0.39, 0.29) is 10.8 Å². The van der Waals surface area contributed by atoms with Gasteiger partial charge in [-0.1, -0.05) is 185 Å². The number of hydrogen-bond acceptors (Lipinski definition) is 1. The van der Waals surface area contributed by atoms with Gasteiger partial charge in [0.05, 0.1) is 5.69 Å². The molecule has 12 rings (SSSR count). The van der Waals surface area contributed by atoms with Gasteiger partial charge in [-0.15, -0.1) is 0 Å². The zero-order valence-electron chi connectivity index (χ0n) is 36.4. The van der Waals surface area contributed by atoms with E-state index >= 15 is 0 Å². The van der Waals surface area contributed by atoms with E-state index in [1.807, 2.05) is 0 Å². The van der Waals surface area contributed by atoms with Crippen molar-refractivity contribution in [2.45, 2.75) is 51.4 Å². The lowest BCUT2D eigenvalue weighted by Crippen LogP contribution is -2.16. The van der Waals surface area contributed by atoms with E-state index < -0.39 is 0 Å². The first-order valence-electron chi connectivity index (χ1n) is 22.6. The molecule has 302 valence electrons. The second-order valence-corrected chi connectivity index (χ2v) is 18.8. The van der Waals surface area contributed by atoms with Gasteiger partial charge in [-0.2, -0.15) is 0 Å². The molecule has 9 aromatic carbocycles. The van der Waals surface area contributed by atoms with Crippen molar-refractivity contribution in [1.82, 2.24) is 0 Å². The molecule has 0 saturated carbocycles. The standard InChI is InChI=1S/C62H49N/c1-61(2)55-24-12-9-20-49(55)54-38-42(32-37-57(54)61)40-28-33-44(34-29-40)63(45-35-30-41(31-36-45)53-39-43-16-5-6-17-46(43)47-18-7-8-19-48(47)53)59-27-14-11-21-50(59)51-23-15-26-58-60(51)52-22-10-13-25-56(52)62(58,3)4/h5-9,11-21,23-39H,10,22H2,1-4H3. The van der Waals surface area contributed by atoms with Gasteiger partial charge in [0, 0.05) is 27.8 Å². The Labute approximate surface area is 371 Å². The summed E-state index contributed by atoms with van der Waals surface area (Å²) in [6, 6.07) is 70.4. The normalized spacial score (nSPS) is 15.3. The van der Waals surface area contributed by atoms with Gasteiger partial charge in [0.15, 0.2) is 0 Å². The van der Waals surface area contributed by atoms with E-state index in [4.69, 9.17) is 0 Å². The topological polar surface area (TPSA) is 3.24 Å². The molecule has 1 heteroatoms. The average molecular weight is 808 g/mol. The van der Waals surface area contributed by atoms with Gasteiger partial charge >= 0.3 is 0 Å². The zero-order chi connectivity index (χ0) is 42.5. The van der Waals surface area contributed by atoms with Crippen molar-refractivity contribution < 1.29 is 0 Å². The summed E-state index contributed by atoms with van der Waals surface area (Å²) in [5.74, 6) is 0. The number of fused-ring (bicyclic) bond motifs is 8. The highest BCUT2D eigenvalue weighted by molar-refractivity contribution is 6.14. The molecule has 0 bridgehead atoms. The van der Waals surface area contributed by atoms with Crippen LogP contribution >= 0.6 is 0 Å². The van der Waals surface area contributed by atoms with Gasteiger partial charge in [-0.25, -0.2) is 0 Å². The summed E-state index contributed by atoms with van der Waals surface area (Å²) in [5, 5.41) is 5.10. The minimum atomic E-state index is -0.0415. The quantitative estimate of drug-likeness (QED) is 0.151. The maximum absolute atomic E-state index is 2.47. The molecule has 63 heavy (non-hydrogen) atoms. The summed E-state index contributed by atoms with van der Waals surface area (Å²) in [7, 11) is 0. The molecule has 0 N–H and O–H groups in total. The summed E-state index contributed by atoms with van der Waals surface area (Å²) in [6.07, 6.45) is 6.90. The van der Waals surface area contributed by atoms with E-state index in [0.29, 0.717) is 0 Å². The van der Waals surface area contributed by atoms with Crippen molar-refractivity contribution in [2.24, 2.45) is 0 Å². The number of allylic oxidation sites excluding steroid dienone is 4. The number of nitrogens with zero attached hydrogens (tertiary/aromatic N) is 1. The molecule has 0 amide bonds. The first-order valence-corrected chi connectivity index (χ1v) is 22.6. The number of anilines is 3. The molecule has 0 radical (unpaired) electrons. The minimum absolute atomic E-state index is 0.0143. The fraction of sp³-hybridized carbons (Fsp3) is 0.129. The molecule has 0 spiro atoms. The van der Waals surface area contributed by atoms with Crippen LogP contribution < -0.4 is 4.90 Å². The van der Waals surface area contributed by atoms with E-state index in [2.05, 4.69) is 233 Å². The Kier molecular flexibility index (Phi) is 8.44. The van der Waals surface area contributed by atoms with Crippen LogP contribution in [0.2, 0.25) is 0 Å². The van der Waals surface area contributed by atoms with Crippen LogP contribution in [0.25, 0.3) is 71.6 Å². The Hall–Kier alpha value is -7.22. The van der Waals surface area contributed by atoms with Crippen LogP contribution in [0.3, 0.4) is 0 Å². The smallest absolute Gasteiger partial charge is 0.0540 e. The van der Waals surface area contributed by atoms with Gasteiger partial charge in [-0.3, -0.25) is 0 Å². The van der Waals surface area contributed by atoms with Crippen molar-refractivity contribution >= 4 is 44.2 Å². The zero-order valence-corrected chi connectivity index (χ0v) is 36.4. The van der Waals surface area contributed by atoms with Crippen molar-refractivity contribution in [1.29, 1.82) is 0 Å². The maximum atomic E-state index is 2.47. The SMILES string of the molecule is CC1(C)C2=C(CCC=C2)c2c(-c3ccccc3N(c3ccc(-c4ccc5c(c4)-c4ccccc4C5(C)C)cc3)c3ccc(-c4cc5ccccc5c5ccccc45)cc3)cccc21. The third-order valence-corrected chi connectivity index (χ3v) is 14.6. The van der Waals surface area contributed by atoms with Gasteiger partial charge in [-0.05, 0) is 149 Å². The van der Waals surface area contributed by atoms with Gasteiger partial charge in [0.25, 0.3) is 0 Å². The average Bonchev–Trinajstić information content (AvgIpc) is 3.71. The van der Waals surface area contributed by atoms with Crippen molar-refractivity contribution in [3.05, 3.63) is 228 Å². The first-order chi connectivity index (χ1) is 30.8. The second kappa shape index (κ2) is 14.2. The van der Waals surface area contributed by atoms with E-state index in [1.54, 1.807) is 0 Å². The summed E-state index contributed by atoms with van der Waals surface area (Å²) < 4.78 is 0. The molecule has 0 unspecified atom stereocenters. The molecule has 0 heterocycles. The Bertz CT molecular complexity index is 3370. The lowest BCUT2D eigenvalue weighted by atomic mass is 9.80. The van der Waals surface area contributed by atoms with Crippen LogP contribution in [0.4, 0.5) is 17.1 Å². The third-order valence-electron chi connectivity index (χ3n) is 14.6. The minimum Gasteiger partial charge on any atom is -0.310 e. The molecule has 3 aliphatic rings. The summed E-state index contributed by atoms with van der Waals surface area (Å²) in [4.78, 5) is 2.47. The van der Waals surface area contributed by atoms with Crippen LogP contribution in [-0.2, 0) is 10.8 Å². The van der Waals surface area contributed by atoms with Crippen molar-refractivity contribution in [3.8, 4) is 44.5 Å². The number of hydrogen-bond donors (Lipinski definition) is 0. The molecule has 9 aromatic rings. The van der Waals surface area contributed by atoms with E-state index in [1.165, 1.54) is 99.5 Å². The van der Waals surface area contributed by atoms with E-state index in [0.717, 1.165) is 29.9 Å². The lowest BCUT2D eigenvalue weighted by Gasteiger charge is -2.29. The largest absolute Gasteiger partial charge is 0.310 e. The monoisotopic (exact) mass is 807 g/mol. The van der Waals surface area contributed by atoms with Crippen molar-refractivity contribution in [3.63, 3.8) is 0 Å². The Morgan fingerprint density at radius 3 is 1.81 bits per heavy atom. The molecule has 1 nitrogen and oxygen atoms in total. The molecular formula is C62H49N. The first kappa shape index (κ1) is 37.5. The summed E-state index contributed by atoms with van der Waals surface area (Å²) in [6.45, 7) is 9.49. The van der Waals surface area contributed by atoms with Crippen LogP contribution in [-0.4, -0.2) is 0 Å². The number of rotatable bonds is 6. The lowest BCUT2D eigenvalue weighted by molar-refractivity contribution is 0.651. The van der Waals surface area contributed by atoms with E-state index in [9.17, 15) is 0 Å². The van der Waals surface area contributed by atoms with Crippen LogP contribution in [0.1, 0.15) is 62.8 Å². The number of para-hydroxylation sites is 1. The molecule has 0 saturated heterocycles. The fourth-order valence-electron chi connectivity index (χ4n) is 11.4. The second-order valence-electron chi connectivity index (χ2n) is 18.8. The maximum Gasteiger partial charge on any atom is 0.0540 e. The third kappa shape index (κ3) is 5.76. The molecule has 0 atom stereocenters. The van der Waals surface area contributed by atoms with Gasteiger partial charge in [0.2, 0.25) is 0 Å². The molecule has 3 aliphatic carbocycles. The Balaban J connectivity index is 1.01. The summed E-state index contributed by atoms with van der Waals surface area (Å²) >= 11 is 0. The predicted molar refractivity (Wildman–Crippen MR) is 268 cm³/mol. The highest BCUT2D eigenvalue weighted by atomic mass is 15.1. The fourth-order valence-corrected chi connectivity index (χ4v) is 11.4. The molecule has 0 aromatic heterocycles. The summed E-state index contributed by atoms with van der Waals surface area (Å²) in [5.41, 5.74) is 22.1. The molecular weight excluding hydrogens is 759 g/mol. The van der Waals surface area contributed by atoms with Crippen molar-refractivity contribution in [2.75, 3.05) is 4.90 Å². The van der Waals surface area contributed by atoms with Crippen LogP contribution in [0.5, 0.6) is 0 Å².